The molecule has 1 unspecified atom stereocenters. The monoisotopic (exact) mass is 293 g/mol. The number of carbonyl (C=O) groups is 1. The van der Waals surface area contributed by atoms with E-state index in [1.54, 1.807) is 4.90 Å². The molecule has 1 amide bonds. The van der Waals surface area contributed by atoms with Crippen LogP contribution in [0.5, 0.6) is 0 Å². The number of carbonyl (C=O) groups excluding carboxylic acids is 1. The molecule has 4 nitrogen and oxygen atoms in total. The van der Waals surface area contributed by atoms with E-state index in [2.05, 4.69) is 20.8 Å². The summed E-state index contributed by atoms with van der Waals surface area (Å²) >= 11 is 0. The molecule has 0 aromatic carbocycles. The molecule has 0 aliphatic rings. The molecule has 0 heterocycles. The molecule has 0 aliphatic heterocycles. The smallest absolute Gasteiger partial charge is 0.411 e. The first-order chi connectivity index (χ1) is 7.50. The molecule has 0 radical (unpaired) electrons. The normalized spacial score (nSPS) is 12.2. The van der Waals surface area contributed by atoms with Gasteiger partial charge in [-0.3, -0.25) is 4.90 Å². The molecule has 126 valence electrons. The lowest BCUT2D eigenvalue weighted by Gasteiger charge is -2.36. The lowest BCUT2D eigenvalue weighted by Crippen LogP contribution is -2.48. The van der Waals surface area contributed by atoms with Crippen molar-refractivity contribution in [2.75, 3.05) is 13.8 Å². The van der Waals surface area contributed by atoms with Crippen LogP contribution in [-0.2, 0) is 9.47 Å². The van der Waals surface area contributed by atoms with Crippen LogP contribution in [0.2, 0.25) is 0 Å². The number of ether oxygens (including phenoxy) is 2. The molecule has 0 aromatic rings. The highest BCUT2D eigenvalue weighted by Crippen LogP contribution is 2.23. The molecule has 0 saturated heterocycles. The summed E-state index contributed by atoms with van der Waals surface area (Å²) < 4.78 is 10.5. The van der Waals surface area contributed by atoms with E-state index in [0.717, 1.165) is 0 Å². The van der Waals surface area contributed by atoms with Gasteiger partial charge in [-0.05, 0) is 33.1 Å². The predicted molar refractivity (Wildman–Crippen MR) is 89.1 cm³/mol. The zero-order chi connectivity index (χ0) is 13.9. The van der Waals surface area contributed by atoms with E-state index in [1.165, 1.54) is 7.11 Å². The molecule has 0 aromatic heterocycles. The highest BCUT2D eigenvalue weighted by atomic mass is 16.6. The average Bonchev–Trinajstić information content (AvgIpc) is 2.13. The highest BCUT2D eigenvalue weighted by Gasteiger charge is 2.29. The summed E-state index contributed by atoms with van der Waals surface area (Å²) in [4.78, 5) is 13.2. The van der Waals surface area contributed by atoms with Gasteiger partial charge >= 0.3 is 6.09 Å². The Kier molecular flexibility index (Phi) is 13.8. The van der Waals surface area contributed by atoms with Crippen molar-refractivity contribution in [2.24, 2.45) is 5.41 Å². The van der Waals surface area contributed by atoms with Crippen LogP contribution in [0.15, 0.2) is 0 Å². The molecule has 0 saturated carbocycles. The number of hydrogen-bond donors (Lipinski definition) is 0. The molecule has 0 spiro atoms. The first-order valence-electron chi connectivity index (χ1n) is 5.97. The maximum atomic E-state index is 11.6. The van der Waals surface area contributed by atoms with Gasteiger partial charge < -0.3 is 9.47 Å². The quantitative estimate of drug-likeness (QED) is 0.674. The van der Waals surface area contributed by atoms with E-state index in [-0.39, 0.29) is 52.2 Å². The van der Waals surface area contributed by atoms with Crippen LogP contribution < -0.4 is 0 Å². The van der Waals surface area contributed by atoms with Crippen molar-refractivity contribution in [3.8, 4) is 0 Å². The molecule has 1 atom stereocenters. The van der Waals surface area contributed by atoms with Crippen molar-refractivity contribution < 1.29 is 14.3 Å². The van der Waals surface area contributed by atoms with Gasteiger partial charge in [0.05, 0.1) is 13.2 Å². The lowest BCUT2D eigenvalue weighted by atomic mass is 9.90. The van der Waals surface area contributed by atoms with Gasteiger partial charge in [-0.25, -0.2) is 4.79 Å². The second-order valence-electron chi connectivity index (χ2n) is 6.37. The Balaban J connectivity index is -0.000000427. The number of nitrogens with zero attached hydrogens (tertiary/aromatic N) is 1. The summed E-state index contributed by atoms with van der Waals surface area (Å²) in [5.41, 5.74) is -0.260. The molecule has 0 rings (SSSR count). The first kappa shape index (κ1) is 27.6. The fraction of sp³-hybridized carbons (Fsp3) is 0.938. The fourth-order valence-corrected chi connectivity index (χ4v) is 1.07. The number of amides is 1. The largest absolute Gasteiger partial charge is 0.453 e. The van der Waals surface area contributed by atoms with Gasteiger partial charge in [0.2, 0.25) is 0 Å². The van der Waals surface area contributed by atoms with Gasteiger partial charge in [0.25, 0.3) is 0 Å². The van der Waals surface area contributed by atoms with Crippen molar-refractivity contribution in [2.45, 2.75) is 82.4 Å². The molecular formula is C16H39NO3. The molecule has 20 heavy (non-hydrogen) atoms. The Morgan fingerprint density at radius 1 is 1.05 bits per heavy atom. The van der Waals surface area contributed by atoms with Gasteiger partial charge in [-0.1, -0.05) is 43.1 Å². The Bertz CT molecular complexity index is 251. The third-order valence-corrected chi connectivity index (χ3v) is 2.88. The van der Waals surface area contributed by atoms with Gasteiger partial charge in [-0.15, -0.1) is 0 Å². The van der Waals surface area contributed by atoms with Crippen LogP contribution in [0, 0.1) is 5.41 Å². The SMILES string of the molecule is C.C.C.COC(=O)N(COC(C)C(C)(C)C)C(C)(C)C. The van der Waals surface area contributed by atoms with Crippen molar-refractivity contribution in [3.05, 3.63) is 0 Å². The third-order valence-electron chi connectivity index (χ3n) is 2.88. The fourth-order valence-electron chi connectivity index (χ4n) is 1.07. The Morgan fingerprint density at radius 2 is 1.45 bits per heavy atom. The molecule has 0 bridgehead atoms. The van der Waals surface area contributed by atoms with Crippen LogP contribution in [0.25, 0.3) is 0 Å². The van der Waals surface area contributed by atoms with Crippen LogP contribution >= 0.6 is 0 Å². The van der Waals surface area contributed by atoms with Crippen molar-refractivity contribution in [1.29, 1.82) is 0 Å². The third kappa shape index (κ3) is 9.18. The van der Waals surface area contributed by atoms with Crippen LogP contribution in [0.3, 0.4) is 0 Å². The van der Waals surface area contributed by atoms with Crippen molar-refractivity contribution in [1.82, 2.24) is 4.90 Å². The summed E-state index contributed by atoms with van der Waals surface area (Å²) in [5, 5.41) is 0. The van der Waals surface area contributed by atoms with Crippen molar-refractivity contribution >= 4 is 6.09 Å². The summed E-state index contributed by atoms with van der Waals surface area (Å²) in [7, 11) is 1.38. The molecular weight excluding hydrogens is 254 g/mol. The van der Waals surface area contributed by atoms with Crippen molar-refractivity contribution in [3.63, 3.8) is 0 Å². The number of rotatable bonds is 3. The Morgan fingerprint density at radius 3 is 1.70 bits per heavy atom. The van der Waals surface area contributed by atoms with E-state index in [1.807, 2.05) is 27.7 Å². The number of methoxy groups -OCH3 is 1. The summed E-state index contributed by atoms with van der Waals surface area (Å²) in [6.45, 7) is 14.4. The number of hydrogen-bond acceptors (Lipinski definition) is 3. The van der Waals surface area contributed by atoms with E-state index in [9.17, 15) is 4.79 Å². The maximum absolute atomic E-state index is 11.6. The zero-order valence-corrected chi connectivity index (χ0v) is 12.5. The predicted octanol–water partition coefficient (Wildman–Crippen LogP) is 5.17. The lowest BCUT2D eigenvalue weighted by molar-refractivity contribution is -0.0747. The van der Waals surface area contributed by atoms with Crippen LogP contribution in [0.1, 0.15) is 70.7 Å². The van der Waals surface area contributed by atoms with Crippen LogP contribution in [-0.4, -0.2) is 36.5 Å². The molecule has 4 heteroatoms. The first-order valence-corrected chi connectivity index (χ1v) is 5.97. The van der Waals surface area contributed by atoms with Crippen LogP contribution in [0.4, 0.5) is 4.79 Å². The maximum Gasteiger partial charge on any atom is 0.411 e. The van der Waals surface area contributed by atoms with Gasteiger partial charge in [0.1, 0.15) is 6.73 Å². The molecule has 0 N–H and O–H groups in total. The summed E-state index contributed by atoms with van der Waals surface area (Å²) in [5.74, 6) is 0. The highest BCUT2D eigenvalue weighted by molar-refractivity contribution is 5.68. The minimum absolute atomic E-state index is 0. The van der Waals surface area contributed by atoms with E-state index >= 15 is 0 Å². The second-order valence-corrected chi connectivity index (χ2v) is 6.37. The summed E-state index contributed by atoms with van der Waals surface area (Å²) in [6, 6.07) is 0. The minimum Gasteiger partial charge on any atom is -0.453 e. The van der Waals surface area contributed by atoms with E-state index < -0.39 is 0 Å². The second kappa shape index (κ2) is 10.0. The molecule has 0 aliphatic carbocycles. The van der Waals surface area contributed by atoms with E-state index in [0.29, 0.717) is 0 Å². The minimum atomic E-state index is -0.362. The topological polar surface area (TPSA) is 38.8 Å². The van der Waals surface area contributed by atoms with E-state index in [4.69, 9.17) is 9.47 Å². The zero-order valence-electron chi connectivity index (χ0n) is 12.5. The van der Waals surface area contributed by atoms with Gasteiger partial charge in [0, 0.05) is 5.54 Å². The standard InChI is InChI=1S/C13H27NO3.3CH4/c1-10(12(2,3)4)17-9-14(11(15)16-8)13(5,6)7;;;/h10H,9H2,1-8H3;3*1H4. The Hall–Kier alpha value is -0.770. The molecule has 0 fully saturated rings. The summed E-state index contributed by atoms with van der Waals surface area (Å²) in [6.07, 6.45) is -0.296. The average molecular weight is 293 g/mol. The van der Waals surface area contributed by atoms with Gasteiger partial charge in [0.15, 0.2) is 0 Å². The van der Waals surface area contributed by atoms with Gasteiger partial charge in [-0.2, -0.15) is 0 Å². The Labute approximate surface area is 127 Å².